The molecule has 0 saturated heterocycles. The van der Waals surface area contributed by atoms with Gasteiger partial charge in [-0.2, -0.15) is 0 Å². The zero-order valence-corrected chi connectivity index (χ0v) is 16.9. The van der Waals surface area contributed by atoms with E-state index in [-0.39, 0.29) is 24.8 Å². The Bertz CT molecular complexity index is 1130. The summed E-state index contributed by atoms with van der Waals surface area (Å²) < 4.78 is 15.8. The molecule has 0 amide bonds. The van der Waals surface area contributed by atoms with Crippen LogP contribution in [-0.4, -0.2) is 36.2 Å². The number of benzene rings is 2. The second-order valence-electron chi connectivity index (χ2n) is 7.40. The molecule has 1 aliphatic carbocycles. The van der Waals surface area contributed by atoms with Crippen LogP contribution >= 0.6 is 0 Å². The molecule has 0 aromatic heterocycles. The van der Waals surface area contributed by atoms with E-state index in [9.17, 15) is 19.2 Å². The smallest absolute Gasteiger partial charge is 0.330 e. The van der Waals surface area contributed by atoms with Crippen molar-refractivity contribution < 1.29 is 33.4 Å². The van der Waals surface area contributed by atoms with Crippen LogP contribution in [0, 0.1) is 0 Å². The van der Waals surface area contributed by atoms with Gasteiger partial charge in [-0.25, -0.2) is 4.79 Å². The predicted molar refractivity (Wildman–Crippen MR) is 110 cm³/mol. The van der Waals surface area contributed by atoms with E-state index in [1.54, 1.807) is 18.2 Å². The minimum absolute atomic E-state index is 0.219. The first-order valence-corrected chi connectivity index (χ1v) is 9.84. The molecule has 1 unspecified atom stereocenters. The molecule has 2 aromatic carbocycles. The summed E-state index contributed by atoms with van der Waals surface area (Å²) in [5.74, 6) is -1.10. The van der Waals surface area contributed by atoms with Crippen molar-refractivity contribution in [3.63, 3.8) is 0 Å². The fraction of sp³-hybridized carbons (Fsp3) is 0.250. The number of aryl methyl sites for hydroxylation is 1. The van der Waals surface area contributed by atoms with Gasteiger partial charge in [-0.15, -0.1) is 0 Å². The van der Waals surface area contributed by atoms with Crippen molar-refractivity contribution in [1.82, 2.24) is 0 Å². The van der Waals surface area contributed by atoms with Crippen LogP contribution in [0.3, 0.4) is 0 Å². The number of Topliss-reactive ketones (excluding diaryl/α,β-unsaturated/α-hetero) is 2. The Balaban J connectivity index is 1.61. The third kappa shape index (κ3) is 3.99. The summed E-state index contributed by atoms with van der Waals surface area (Å²) in [4.78, 5) is 47.5. The van der Waals surface area contributed by atoms with Crippen molar-refractivity contribution in [3.05, 3.63) is 65.2 Å². The monoisotopic (exact) mass is 420 g/mol. The second-order valence-corrected chi connectivity index (χ2v) is 7.40. The van der Waals surface area contributed by atoms with Gasteiger partial charge in [0.2, 0.25) is 5.78 Å². The number of carbonyl (C=O) groups is 4. The summed E-state index contributed by atoms with van der Waals surface area (Å²) in [5, 5.41) is 0. The van der Waals surface area contributed by atoms with E-state index in [4.69, 9.17) is 14.2 Å². The zero-order chi connectivity index (χ0) is 22.1. The molecule has 0 radical (unpaired) electrons. The number of ether oxygens (including phenoxy) is 3. The van der Waals surface area contributed by atoms with Crippen molar-refractivity contribution in [2.24, 2.45) is 0 Å². The Morgan fingerprint density at radius 1 is 1.13 bits per heavy atom. The van der Waals surface area contributed by atoms with Crippen LogP contribution in [0.5, 0.6) is 5.75 Å². The Labute approximate surface area is 178 Å². The van der Waals surface area contributed by atoms with Crippen molar-refractivity contribution in [2.45, 2.75) is 32.5 Å². The summed E-state index contributed by atoms with van der Waals surface area (Å²) in [7, 11) is 0. The van der Waals surface area contributed by atoms with Crippen LogP contribution in [0.2, 0.25) is 0 Å². The van der Waals surface area contributed by atoms with Gasteiger partial charge in [-0.3, -0.25) is 14.4 Å². The largest absolute Gasteiger partial charge is 0.488 e. The first-order chi connectivity index (χ1) is 14.9. The topological polar surface area (TPSA) is 96.0 Å². The maximum Gasteiger partial charge on any atom is 0.330 e. The van der Waals surface area contributed by atoms with Gasteiger partial charge in [0.25, 0.3) is 0 Å². The maximum atomic E-state index is 12.7. The fourth-order valence-corrected chi connectivity index (χ4v) is 3.88. The lowest BCUT2D eigenvalue weighted by molar-refractivity contribution is -0.144. The minimum atomic E-state index is -0.761. The lowest BCUT2D eigenvalue weighted by atomic mass is 9.84. The maximum absolute atomic E-state index is 12.7. The molecule has 158 valence electrons. The predicted octanol–water partition coefficient (Wildman–Crippen LogP) is 3.22. The molecule has 0 fully saturated rings. The third-order valence-electron chi connectivity index (χ3n) is 5.36. The quantitative estimate of drug-likeness (QED) is 0.416. The molecule has 1 aliphatic heterocycles. The Morgan fingerprint density at radius 3 is 2.68 bits per heavy atom. The summed E-state index contributed by atoms with van der Waals surface area (Å²) >= 11 is 0. The number of hydrogen-bond donors (Lipinski definition) is 0. The van der Waals surface area contributed by atoms with E-state index in [0.29, 0.717) is 29.7 Å². The van der Waals surface area contributed by atoms with Crippen LogP contribution in [0.25, 0.3) is 11.1 Å². The second kappa shape index (κ2) is 8.18. The standard InChI is InChI=1S/C24H20O7/c1-3-23(27)30-12-20(26)15-4-6-17-16(8-15)11-29-22-10-18-14(9-19(17)22)5-7-21(24(18)28)31-13(2)25/h3-4,6,8-10,21H,1,5,7,11-12H2,2H3. The highest BCUT2D eigenvalue weighted by Crippen LogP contribution is 2.41. The van der Waals surface area contributed by atoms with Gasteiger partial charge in [0.15, 0.2) is 18.5 Å². The van der Waals surface area contributed by atoms with Crippen LogP contribution in [0.15, 0.2) is 43.0 Å². The highest BCUT2D eigenvalue weighted by Gasteiger charge is 2.32. The molecule has 2 aromatic rings. The van der Waals surface area contributed by atoms with Gasteiger partial charge >= 0.3 is 11.9 Å². The average molecular weight is 420 g/mol. The number of rotatable bonds is 5. The number of carbonyl (C=O) groups excluding carboxylic acids is 4. The minimum Gasteiger partial charge on any atom is -0.488 e. The highest BCUT2D eigenvalue weighted by atomic mass is 16.5. The van der Waals surface area contributed by atoms with Gasteiger partial charge in [0.05, 0.1) is 0 Å². The highest BCUT2D eigenvalue weighted by molar-refractivity contribution is 6.04. The molecule has 0 saturated carbocycles. The van der Waals surface area contributed by atoms with Crippen LogP contribution in [-0.2, 0) is 32.1 Å². The molecule has 1 atom stereocenters. The van der Waals surface area contributed by atoms with Crippen LogP contribution in [0.4, 0.5) is 0 Å². The van der Waals surface area contributed by atoms with Crippen molar-refractivity contribution in [3.8, 4) is 16.9 Å². The third-order valence-corrected chi connectivity index (χ3v) is 5.36. The zero-order valence-electron chi connectivity index (χ0n) is 16.9. The first-order valence-electron chi connectivity index (χ1n) is 9.84. The molecule has 2 aliphatic rings. The summed E-state index contributed by atoms with van der Waals surface area (Å²) in [6.45, 7) is 4.46. The van der Waals surface area contributed by atoms with Crippen molar-refractivity contribution >= 4 is 23.5 Å². The molecule has 7 nitrogen and oxygen atoms in total. The normalized spacial score (nSPS) is 16.2. The van der Waals surface area contributed by atoms with E-state index >= 15 is 0 Å². The number of fused-ring (bicyclic) bond motifs is 4. The van der Waals surface area contributed by atoms with Crippen molar-refractivity contribution in [2.75, 3.05) is 6.61 Å². The fourth-order valence-electron chi connectivity index (χ4n) is 3.88. The van der Waals surface area contributed by atoms with Gasteiger partial charge in [-0.05, 0) is 47.7 Å². The summed E-state index contributed by atoms with van der Waals surface area (Å²) in [6.07, 6.45) is 1.29. The molecule has 31 heavy (non-hydrogen) atoms. The van der Waals surface area contributed by atoms with Crippen LogP contribution in [0.1, 0.15) is 45.2 Å². The SMILES string of the molecule is C=CC(=O)OCC(=O)c1ccc2c(c1)COc1cc3c(cc1-2)CCC(OC(C)=O)C3=O. The van der Waals surface area contributed by atoms with Gasteiger partial charge < -0.3 is 14.2 Å². The number of hydrogen-bond acceptors (Lipinski definition) is 7. The molecular weight excluding hydrogens is 400 g/mol. The average Bonchev–Trinajstić information content (AvgIpc) is 2.77. The van der Waals surface area contributed by atoms with Gasteiger partial charge in [0.1, 0.15) is 12.4 Å². The van der Waals surface area contributed by atoms with Crippen LogP contribution < -0.4 is 4.74 Å². The lowest BCUT2D eigenvalue weighted by Gasteiger charge is -2.27. The van der Waals surface area contributed by atoms with Gasteiger partial charge in [-0.1, -0.05) is 18.7 Å². The van der Waals surface area contributed by atoms with E-state index in [2.05, 4.69) is 6.58 Å². The van der Waals surface area contributed by atoms with E-state index < -0.39 is 18.0 Å². The Hall–Kier alpha value is -3.74. The van der Waals surface area contributed by atoms with E-state index in [1.807, 2.05) is 12.1 Å². The molecule has 7 heteroatoms. The van der Waals surface area contributed by atoms with E-state index in [1.165, 1.54) is 6.92 Å². The molecular formula is C24H20O7. The first kappa shape index (κ1) is 20.5. The number of esters is 2. The molecule has 4 rings (SSSR count). The lowest BCUT2D eigenvalue weighted by Crippen LogP contribution is -2.31. The molecule has 0 spiro atoms. The molecule has 0 N–H and O–H groups in total. The Kier molecular flexibility index (Phi) is 5.42. The Morgan fingerprint density at radius 2 is 1.94 bits per heavy atom. The van der Waals surface area contributed by atoms with Gasteiger partial charge in [0, 0.05) is 29.7 Å². The molecule has 1 heterocycles. The summed E-state index contributed by atoms with van der Waals surface area (Å²) in [5.41, 5.74) is 4.39. The molecule has 0 bridgehead atoms. The summed E-state index contributed by atoms with van der Waals surface area (Å²) in [6, 6.07) is 8.87. The number of ketones is 2. The van der Waals surface area contributed by atoms with E-state index in [0.717, 1.165) is 28.3 Å². The van der Waals surface area contributed by atoms with Crippen molar-refractivity contribution in [1.29, 1.82) is 0 Å².